The Hall–Kier alpha value is -3.26. The van der Waals surface area contributed by atoms with Crippen molar-refractivity contribution >= 4 is 22.7 Å². The number of nitrogens with one attached hydrogen (secondary N) is 1. The lowest BCUT2D eigenvalue weighted by Gasteiger charge is -2.29. The van der Waals surface area contributed by atoms with E-state index in [0.717, 1.165) is 49.0 Å². The van der Waals surface area contributed by atoms with Gasteiger partial charge < -0.3 is 20.1 Å². The largest absolute Gasteiger partial charge is 0.480 e. The number of carboxylic acids is 1. The SMILES string of the molecule is CN1CCC(CNc2ncnc3c(OCC(=O)O)cc(-c4ccc(F)cc4)cc23)CC1. The molecule has 0 unspecified atom stereocenters. The molecule has 0 amide bonds. The minimum Gasteiger partial charge on any atom is -0.480 e. The van der Waals surface area contributed by atoms with E-state index < -0.39 is 12.6 Å². The van der Waals surface area contributed by atoms with Crippen LogP contribution in [0.15, 0.2) is 42.7 Å². The van der Waals surface area contributed by atoms with Gasteiger partial charge in [-0.3, -0.25) is 0 Å². The van der Waals surface area contributed by atoms with Gasteiger partial charge in [-0.05, 0) is 74.3 Å². The number of rotatable bonds is 7. The third kappa shape index (κ3) is 5.08. The maximum absolute atomic E-state index is 13.4. The molecule has 1 saturated heterocycles. The zero-order valence-electron chi connectivity index (χ0n) is 17.3. The predicted octanol–water partition coefficient (Wildman–Crippen LogP) is 3.65. The molecule has 8 heteroatoms. The second kappa shape index (κ2) is 9.26. The molecular weight excluding hydrogens is 399 g/mol. The zero-order valence-corrected chi connectivity index (χ0v) is 17.3. The molecule has 0 radical (unpaired) electrons. The lowest BCUT2D eigenvalue weighted by molar-refractivity contribution is -0.139. The van der Waals surface area contributed by atoms with E-state index in [4.69, 9.17) is 9.84 Å². The second-order valence-electron chi connectivity index (χ2n) is 7.91. The summed E-state index contributed by atoms with van der Waals surface area (Å²) in [6, 6.07) is 9.77. The molecule has 7 nitrogen and oxygen atoms in total. The molecule has 0 spiro atoms. The Morgan fingerprint density at radius 2 is 1.94 bits per heavy atom. The molecule has 31 heavy (non-hydrogen) atoms. The quantitative estimate of drug-likeness (QED) is 0.599. The van der Waals surface area contributed by atoms with Gasteiger partial charge in [0.25, 0.3) is 0 Å². The number of halogens is 1. The smallest absolute Gasteiger partial charge is 0.341 e. The molecule has 1 aromatic heterocycles. The van der Waals surface area contributed by atoms with E-state index in [0.29, 0.717) is 23.0 Å². The second-order valence-corrected chi connectivity index (χ2v) is 7.91. The fraction of sp³-hybridized carbons (Fsp3) is 0.348. The van der Waals surface area contributed by atoms with Crippen molar-refractivity contribution in [1.82, 2.24) is 14.9 Å². The van der Waals surface area contributed by atoms with Gasteiger partial charge in [0.2, 0.25) is 0 Å². The van der Waals surface area contributed by atoms with E-state index in [9.17, 15) is 9.18 Å². The van der Waals surface area contributed by atoms with Crippen LogP contribution in [0.5, 0.6) is 5.75 Å². The van der Waals surface area contributed by atoms with Gasteiger partial charge >= 0.3 is 5.97 Å². The van der Waals surface area contributed by atoms with Crippen molar-refractivity contribution in [1.29, 1.82) is 0 Å². The first-order valence-electron chi connectivity index (χ1n) is 10.3. The highest BCUT2D eigenvalue weighted by Gasteiger charge is 2.18. The Balaban J connectivity index is 1.69. The van der Waals surface area contributed by atoms with Crippen LogP contribution in [-0.4, -0.2) is 59.2 Å². The average Bonchev–Trinajstić information content (AvgIpc) is 2.77. The Morgan fingerprint density at radius 1 is 1.19 bits per heavy atom. The van der Waals surface area contributed by atoms with E-state index in [1.807, 2.05) is 6.07 Å². The standard InChI is InChI=1S/C23H25FN4O3/c1-28-8-6-15(7-9-28)12-25-23-19-10-17(16-2-4-18(24)5-3-16)11-20(31-13-21(29)30)22(19)26-14-27-23/h2-5,10-11,14-15H,6-9,12-13H2,1H3,(H,29,30)(H,25,26,27). The number of aliphatic carboxylic acids is 1. The summed E-state index contributed by atoms with van der Waals surface area (Å²) in [4.78, 5) is 22.1. The molecular formula is C23H25FN4O3. The molecule has 3 aromatic rings. The molecule has 0 aliphatic carbocycles. The molecule has 0 saturated carbocycles. The maximum Gasteiger partial charge on any atom is 0.341 e. The maximum atomic E-state index is 13.4. The van der Waals surface area contributed by atoms with Crippen LogP contribution in [-0.2, 0) is 4.79 Å². The number of hydrogen-bond acceptors (Lipinski definition) is 6. The first-order valence-corrected chi connectivity index (χ1v) is 10.3. The summed E-state index contributed by atoms with van der Waals surface area (Å²) in [6.45, 7) is 2.48. The van der Waals surface area contributed by atoms with E-state index in [1.54, 1.807) is 18.2 Å². The van der Waals surface area contributed by atoms with Gasteiger partial charge in [-0.15, -0.1) is 0 Å². The fourth-order valence-corrected chi connectivity index (χ4v) is 3.84. The van der Waals surface area contributed by atoms with Crippen LogP contribution >= 0.6 is 0 Å². The van der Waals surface area contributed by atoms with Crippen molar-refractivity contribution in [2.45, 2.75) is 12.8 Å². The molecule has 0 bridgehead atoms. The van der Waals surface area contributed by atoms with Gasteiger partial charge in [0, 0.05) is 11.9 Å². The van der Waals surface area contributed by atoms with E-state index in [1.165, 1.54) is 18.5 Å². The number of hydrogen-bond donors (Lipinski definition) is 2. The van der Waals surface area contributed by atoms with Gasteiger partial charge in [0.05, 0.1) is 0 Å². The van der Waals surface area contributed by atoms with Crippen LogP contribution in [0, 0.1) is 11.7 Å². The average molecular weight is 424 g/mol. The summed E-state index contributed by atoms with van der Waals surface area (Å²) >= 11 is 0. The highest BCUT2D eigenvalue weighted by atomic mass is 19.1. The monoisotopic (exact) mass is 424 g/mol. The van der Waals surface area contributed by atoms with Crippen molar-refractivity contribution in [3.63, 3.8) is 0 Å². The summed E-state index contributed by atoms with van der Waals surface area (Å²) < 4.78 is 18.9. The zero-order chi connectivity index (χ0) is 21.8. The van der Waals surface area contributed by atoms with Gasteiger partial charge in [-0.25, -0.2) is 19.2 Å². The van der Waals surface area contributed by atoms with Crippen LogP contribution in [0.4, 0.5) is 10.2 Å². The first kappa shape index (κ1) is 21.0. The lowest BCUT2D eigenvalue weighted by Crippen LogP contribution is -2.33. The van der Waals surface area contributed by atoms with Gasteiger partial charge in [0.1, 0.15) is 29.2 Å². The summed E-state index contributed by atoms with van der Waals surface area (Å²) in [5.74, 6) is 0.187. The highest BCUT2D eigenvalue weighted by molar-refractivity contribution is 5.96. The Morgan fingerprint density at radius 3 is 2.65 bits per heavy atom. The number of carbonyl (C=O) groups is 1. The molecule has 1 aliphatic heterocycles. The molecule has 4 rings (SSSR count). The van der Waals surface area contributed by atoms with E-state index >= 15 is 0 Å². The van der Waals surface area contributed by atoms with Crippen LogP contribution in [0.3, 0.4) is 0 Å². The number of nitrogens with zero attached hydrogens (tertiary/aromatic N) is 3. The number of anilines is 1. The molecule has 1 fully saturated rings. The van der Waals surface area contributed by atoms with E-state index in [2.05, 4.69) is 27.2 Å². The Labute approximate surface area is 179 Å². The predicted molar refractivity (Wildman–Crippen MR) is 117 cm³/mol. The third-order valence-corrected chi connectivity index (χ3v) is 5.63. The number of aromatic nitrogens is 2. The number of carboxylic acid groups (broad SMARTS) is 1. The molecule has 0 atom stereocenters. The third-order valence-electron chi connectivity index (χ3n) is 5.63. The Kier molecular flexibility index (Phi) is 6.27. The highest BCUT2D eigenvalue weighted by Crippen LogP contribution is 2.34. The molecule has 1 aliphatic rings. The fourth-order valence-electron chi connectivity index (χ4n) is 3.84. The lowest BCUT2D eigenvalue weighted by atomic mass is 9.97. The minimum absolute atomic E-state index is 0.323. The van der Waals surface area contributed by atoms with Crippen LogP contribution in [0.2, 0.25) is 0 Å². The Bertz CT molecular complexity index is 1070. The molecule has 2 N–H and O–H groups in total. The molecule has 2 aromatic carbocycles. The molecule has 162 valence electrons. The molecule has 2 heterocycles. The van der Waals surface area contributed by atoms with Gasteiger partial charge in [-0.2, -0.15) is 0 Å². The van der Waals surface area contributed by atoms with Crippen LogP contribution in [0.1, 0.15) is 12.8 Å². The van der Waals surface area contributed by atoms with Crippen molar-refractivity contribution in [2.24, 2.45) is 5.92 Å². The van der Waals surface area contributed by atoms with Crippen molar-refractivity contribution in [3.05, 3.63) is 48.5 Å². The summed E-state index contributed by atoms with van der Waals surface area (Å²) in [5.41, 5.74) is 2.09. The van der Waals surface area contributed by atoms with Gasteiger partial charge in [-0.1, -0.05) is 12.1 Å². The normalized spacial score (nSPS) is 15.2. The van der Waals surface area contributed by atoms with Crippen LogP contribution in [0.25, 0.3) is 22.0 Å². The van der Waals surface area contributed by atoms with Crippen molar-refractivity contribution in [3.8, 4) is 16.9 Å². The summed E-state index contributed by atoms with van der Waals surface area (Å²) in [5, 5.41) is 13.2. The topological polar surface area (TPSA) is 87.6 Å². The number of piperidine rings is 1. The van der Waals surface area contributed by atoms with Crippen molar-refractivity contribution in [2.75, 3.05) is 38.6 Å². The number of ether oxygens (including phenoxy) is 1. The summed E-state index contributed by atoms with van der Waals surface area (Å²) in [7, 11) is 2.14. The number of benzene rings is 2. The first-order chi connectivity index (χ1) is 15.0. The van der Waals surface area contributed by atoms with E-state index in [-0.39, 0.29) is 5.82 Å². The van der Waals surface area contributed by atoms with Gasteiger partial charge in [0.15, 0.2) is 6.61 Å². The van der Waals surface area contributed by atoms with Crippen molar-refractivity contribution < 1.29 is 19.0 Å². The minimum atomic E-state index is -1.07. The number of likely N-dealkylation sites (tertiary alicyclic amines) is 1. The summed E-state index contributed by atoms with van der Waals surface area (Å²) in [6.07, 6.45) is 3.70. The number of fused-ring (bicyclic) bond motifs is 1. The van der Waals surface area contributed by atoms with Crippen LogP contribution < -0.4 is 10.1 Å².